The van der Waals surface area contributed by atoms with Crippen LogP contribution in [-0.4, -0.2) is 33.8 Å². The second kappa shape index (κ2) is 10.3. The smallest absolute Gasteiger partial charge is 0.242 e. The molecule has 1 saturated carbocycles. The van der Waals surface area contributed by atoms with Gasteiger partial charge in [0, 0.05) is 23.7 Å². The minimum absolute atomic E-state index is 0.0351. The van der Waals surface area contributed by atoms with E-state index in [2.05, 4.69) is 15.5 Å². The highest BCUT2D eigenvalue weighted by Crippen LogP contribution is 2.41. The van der Waals surface area contributed by atoms with Crippen molar-refractivity contribution < 1.29 is 14.4 Å². The summed E-state index contributed by atoms with van der Waals surface area (Å²) in [5.74, 6) is -0.261. The Balaban J connectivity index is 1.57. The first kappa shape index (κ1) is 23.1. The highest BCUT2D eigenvalue weighted by molar-refractivity contribution is 8.02. The molecule has 0 saturated heterocycles. The molecular formula is C24H24N4O3S2. The fourth-order valence-electron chi connectivity index (χ4n) is 3.34. The van der Waals surface area contributed by atoms with Crippen molar-refractivity contribution in [3.63, 3.8) is 0 Å². The van der Waals surface area contributed by atoms with Crippen LogP contribution in [0.4, 0.5) is 10.8 Å². The molecule has 3 aromatic rings. The van der Waals surface area contributed by atoms with E-state index in [-0.39, 0.29) is 23.6 Å². The van der Waals surface area contributed by atoms with Crippen LogP contribution in [0.25, 0.3) is 0 Å². The Bertz CT molecular complexity index is 1160. The van der Waals surface area contributed by atoms with Crippen molar-refractivity contribution in [2.75, 3.05) is 10.2 Å². The number of carbonyl (C=O) groups is 3. The van der Waals surface area contributed by atoms with Crippen molar-refractivity contribution in [1.82, 2.24) is 10.2 Å². The number of ketones is 1. The van der Waals surface area contributed by atoms with Gasteiger partial charge in [-0.2, -0.15) is 0 Å². The second-order valence-corrected chi connectivity index (χ2v) is 10.0. The maximum atomic E-state index is 13.3. The minimum Gasteiger partial charge on any atom is -0.325 e. The molecule has 7 nitrogen and oxygen atoms in total. The average molecular weight is 481 g/mol. The zero-order chi connectivity index (χ0) is 23.4. The van der Waals surface area contributed by atoms with E-state index < -0.39 is 5.25 Å². The Kier molecular flexibility index (Phi) is 7.20. The number of hydrogen-bond donors (Lipinski definition) is 1. The van der Waals surface area contributed by atoms with Crippen molar-refractivity contribution >= 4 is 51.5 Å². The van der Waals surface area contributed by atoms with Crippen LogP contribution >= 0.6 is 23.1 Å². The number of aromatic nitrogens is 2. The molecule has 0 spiro atoms. The number of rotatable bonds is 9. The molecule has 1 fully saturated rings. The molecule has 1 atom stereocenters. The number of nitrogens with one attached hydrogen (secondary N) is 1. The highest BCUT2D eigenvalue weighted by Gasteiger charge is 2.35. The number of amides is 2. The molecule has 0 aliphatic heterocycles. The van der Waals surface area contributed by atoms with Gasteiger partial charge in [-0.1, -0.05) is 72.5 Å². The quantitative estimate of drug-likeness (QED) is 0.260. The largest absolute Gasteiger partial charge is 0.325 e. The Labute approximate surface area is 200 Å². The lowest BCUT2D eigenvalue weighted by molar-refractivity contribution is -0.118. The molecule has 1 aliphatic rings. The number of anilines is 2. The molecule has 4 rings (SSSR count). The van der Waals surface area contributed by atoms with Crippen LogP contribution in [0.3, 0.4) is 0 Å². The van der Waals surface area contributed by atoms with Gasteiger partial charge < -0.3 is 5.32 Å². The van der Waals surface area contributed by atoms with Crippen LogP contribution in [0.15, 0.2) is 58.9 Å². The Hall–Kier alpha value is -3.04. The Morgan fingerprint density at radius 3 is 2.55 bits per heavy atom. The molecule has 2 aromatic carbocycles. The van der Waals surface area contributed by atoms with Crippen LogP contribution < -0.4 is 10.2 Å². The van der Waals surface area contributed by atoms with Crippen molar-refractivity contribution in [2.45, 2.75) is 48.7 Å². The van der Waals surface area contributed by atoms with E-state index in [1.165, 1.54) is 30.0 Å². The Morgan fingerprint density at radius 1 is 1.12 bits per heavy atom. The lowest BCUT2D eigenvalue weighted by Gasteiger charge is -2.17. The SMILES string of the molecule is CCC(=O)N(c1nnc(S[C@@H](C(=O)Nc2cccc(C(C)=O)c2)c2ccccc2)s1)C1CC1. The minimum atomic E-state index is -0.579. The van der Waals surface area contributed by atoms with E-state index in [9.17, 15) is 14.4 Å². The van der Waals surface area contributed by atoms with E-state index in [0.717, 1.165) is 18.4 Å². The topological polar surface area (TPSA) is 92.3 Å². The van der Waals surface area contributed by atoms with E-state index in [1.54, 1.807) is 29.2 Å². The summed E-state index contributed by atoms with van der Waals surface area (Å²) in [6.45, 7) is 3.33. The lowest BCUT2D eigenvalue weighted by atomic mass is 10.1. The molecule has 1 heterocycles. The predicted octanol–water partition coefficient (Wildman–Crippen LogP) is 5.12. The van der Waals surface area contributed by atoms with Crippen molar-refractivity contribution in [1.29, 1.82) is 0 Å². The third kappa shape index (κ3) is 5.66. The molecular weight excluding hydrogens is 456 g/mol. The number of hydrogen-bond acceptors (Lipinski definition) is 7. The van der Waals surface area contributed by atoms with Gasteiger partial charge in [0.1, 0.15) is 5.25 Å². The van der Waals surface area contributed by atoms with Crippen LogP contribution in [0, 0.1) is 0 Å². The molecule has 33 heavy (non-hydrogen) atoms. The summed E-state index contributed by atoms with van der Waals surface area (Å²) in [6.07, 6.45) is 2.36. The van der Waals surface area contributed by atoms with Gasteiger partial charge in [-0.15, -0.1) is 10.2 Å². The van der Waals surface area contributed by atoms with Gasteiger partial charge >= 0.3 is 0 Å². The predicted molar refractivity (Wildman–Crippen MR) is 131 cm³/mol. The molecule has 1 aliphatic carbocycles. The van der Waals surface area contributed by atoms with Crippen LogP contribution in [0.5, 0.6) is 0 Å². The van der Waals surface area contributed by atoms with E-state index in [1.807, 2.05) is 37.3 Å². The summed E-state index contributed by atoms with van der Waals surface area (Å²) in [7, 11) is 0. The fraction of sp³-hybridized carbons (Fsp3) is 0.292. The standard InChI is InChI=1S/C24H24N4O3S2/c1-3-20(30)28(19-12-13-19)23-26-27-24(33-23)32-21(16-8-5-4-6-9-16)22(31)25-18-11-7-10-17(14-18)15(2)29/h4-11,14,19,21H,3,12-13H2,1-2H3,(H,25,31)/t21-/m1/s1. The second-order valence-electron chi connectivity index (χ2n) is 7.73. The summed E-state index contributed by atoms with van der Waals surface area (Å²) in [4.78, 5) is 39.1. The molecule has 2 amide bonds. The van der Waals surface area contributed by atoms with Crippen LogP contribution in [0.2, 0.25) is 0 Å². The monoisotopic (exact) mass is 480 g/mol. The van der Waals surface area contributed by atoms with E-state index in [4.69, 9.17) is 0 Å². The zero-order valence-electron chi connectivity index (χ0n) is 18.4. The molecule has 0 bridgehead atoms. The molecule has 9 heteroatoms. The van der Waals surface area contributed by atoms with Gasteiger partial charge in [-0.3, -0.25) is 19.3 Å². The van der Waals surface area contributed by atoms with Gasteiger partial charge in [0.05, 0.1) is 0 Å². The van der Waals surface area contributed by atoms with Gasteiger partial charge in [-0.05, 0) is 37.5 Å². The first-order valence-corrected chi connectivity index (χ1v) is 12.4. The van der Waals surface area contributed by atoms with E-state index >= 15 is 0 Å². The highest BCUT2D eigenvalue weighted by atomic mass is 32.2. The van der Waals surface area contributed by atoms with Crippen LogP contribution in [-0.2, 0) is 9.59 Å². The normalized spacial score (nSPS) is 13.9. The molecule has 1 N–H and O–H groups in total. The molecule has 0 unspecified atom stereocenters. The van der Waals surface area contributed by atoms with Crippen molar-refractivity contribution in [3.8, 4) is 0 Å². The average Bonchev–Trinajstić information content (AvgIpc) is 3.55. The lowest BCUT2D eigenvalue weighted by Crippen LogP contribution is -2.32. The number of thioether (sulfide) groups is 1. The van der Waals surface area contributed by atoms with Crippen molar-refractivity contribution in [2.24, 2.45) is 0 Å². The summed E-state index contributed by atoms with van der Waals surface area (Å²) in [5, 5.41) is 11.4. The van der Waals surface area contributed by atoms with Crippen LogP contribution in [0.1, 0.15) is 54.3 Å². The maximum Gasteiger partial charge on any atom is 0.242 e. The summed E-state index contributed by atoms with van der Waals surface area (Å²) < 4.78 is 0.612. The van der Waals surface area contributed by atoms with Gasteiger partial charge in [0.25, 0.3) is 0 Å². The third-order valence-corrected chi connectivity index (χ3v) is 7.44. The third-order valence-electron chi connectivity index (χ3n) is 5.18. The van der Waals surface area contributed by atoms with Gasteiger partial charge in [0.2, 0.25) is 16.9 Å². The first-order valence-electron chi connectivity index (χ1n) is 10.7. The van der Waals surface area contributed by atoms with Gasteiger partial charge in [-0.25, -0.2) is 0 Å². The molecule has 1 aromatic heterocycles. The first-order chi connectivity index (χ1) is 16.0. The molecule has 170 valence electrons. The number of carbonyl (C=O) groups excluding carboxylic acids is 3. The van der Waals surface area contributed by atoms with E-state index in [0.29, 0.717) is 27.1 Å². The van der Waals surface area contributed by atoms with Gasteiger partial charge in [0.15, 0.2) is 10.1 Å². The summed E-state index contributed by atoms with van der Waals surface area (Å²) in [6, 6.07) is 16.5. The summed E-state index contributed by atoms with van der Waals surface area (Å²) >= 11 is 2.62. The van der Waals surface area contributed by atoms with Crippen molar-refractivity contribution in [3.05, 3.63) is 65.7 Å². The Morgan fingerprint density at radius 2 is 1.88 bits per heavy atom. The maximum absolute atomic E-state index is 13.3. The molecule has 0 radical (unpaired) electrons. The number of benzene rings is 2. The zero-order valence-corrected chi connectivity index (χ0v) is 20.0. The summed E-state index contributed by atoms with van der Waals surface area (Å²) in [5.41, 5.74) is 1.91. The number of nitrogens with zero attached hydrogens (tertiary/aromatic N) is 3. The fourth-order valence-corrected chi connectivity index (χ4v) is 5.46. The number of Topliss-reactive ketones (excluding diaryl/α,β-unsaturated/α-hetero) is 1.